The molecule has 0 aliphatic carbocycles. The number of hydrogen-bond acceptors (Lipinski definition) is 6. The molecule has 1 aromatic heterocycles. The number of nitro benzene ring substituents is 1. The number of nitro groups is 1. The fraction of sp³-hybridized carbons (Fsp3) is 0.130. The van der Waals surface area contributed by atoms with Crippen LogP contribution in [0.5, 0.6) is 5.75 Å². The minimum Gasteiger partial charge on any atom is -0.494 e. The topological polar surface area (TPSA) is 77.6 Å². The summed E-state index contributed by atoms with van der Waals surface area (Å²) in [6.45, 7) is 2.79. The number of benzene rings is 2. The molecule has 0 N–H and O–H groups in total. The van der Waals surface area contributed by atoms with Crippen LogP contribution >= 0.6 is 24.0 Å². The van der Waals surface area contributed by atoms with Crippen molar-refractivity contribution in [1.29, 1.82) is 0 Å². The van der Waals surface area contributed by atoms with Crippen molar-refractivity contribution in [3.63, 3.8) is 0 Å². The highest BCUT2D eigenvalue weighted by atomic mass is 32.2. The molecule has 162 valence electrons. The number of anilines is 1. The van der Waals surface area contributed by atoms with Crippen LogP contribution in [-0.2, 0) is 11.3 Å². The van der Waals surface area contributed by atoms with E-state index in [2.05, 4.69) is 0 Å². The molecule has 1 amide bonds. The summed E-state index contributed by atoms with van der Waals surface area (Å²) in [5, 5.41) is 11.3. The Bertz CT molecular complexity index is 1220. The number of carbonyl (C=O) groups is 1. The minimum absolute atomic E-state index is 0.0639. The normalized spacial score (nSPS) is 14.9. The van der Waals surface area contributed by atoms with Gasteiger partial charge < -0.3 is 9.30 Å². The number of hydrogen-bond donors (Lipinski definition) is 0. The molecule has 9 heteroatoms. The zero-order chi connectivity index (χ0) is 22.7. The molecule has 1 saturated heterocycles. The number of aromatic nitrogens is 1. The molecule has 0 bridgehead atoms. The Balaban J connectivity index is 1.58. The number of thiocarbonyl (C=S) groups is 1. The molecule has 0 unspecified atom stereocenters. The van der Waals surface area contributed by atoms with E-state index in [0.29, 0.717) is 33.6 Å². The van der Waals surface area contributed by atoms with E-state index in [9.17, 15) is 14.9 Å². The summed E-state index contributed by atoms with van der Waals surface area (Å²) in [4.78, 5) is 26.0. The molecular weight excluding hydrogens is 446 g/mol. The Hall–Kier alpha value is -3.43. The SMILES string of the molecule is CCOc1ccc(N2C(=O)/C(=C\c3cccn3Cc3ccccc3[N+](=O)[O-])SC2=S)cc1. The second-order valence-electron chi connectivity index (χ2n) is 6.89. The third-order valence-electron chi connectivity index (χ3n) is 4.87. The number of para-hydroxylation sites is 1. The van der Waals surface area contributed by atoms with Crippen LogP contribution in [0.3, 0.4) is 0 Å². The summed E-state index contributed by atoms with van der Waals surface area (Å²) in [7, 11) is 0. The summed E-state index contributed by atoms with van der Waals surface area (Å²) in [6, 6.07) is 17.5. The van der Waals surface area contributed by atoms with E-state index < -0.39 is 0 Å². The third kappa shape index (κ3) is 4.44. The summed E-state index contributed by atoms with van der Waals surface area (Å²) in [5.41, 5.74) is 2.09. The zero-order valence-electron chi connectivity index (χ0n) is 17.1. The van der Waals surface area contributed by atoms with Crippen molar-refractivity contribution >= 4 is 51.7 Å². The number of amides is 1. The van der Waals surface area contributed by atoms with Crippen LogP contribution in [0.25, 0.3) is 6.08 Å². The van der Waals surface area contributed by atoms with Gasteiger partial charge in [-0.3, -0.25) is 19.8 Å². The molecule has 2 aromatic carbocycles. The number of ether oxygens (including phenoxy) is 1. The Kier molecular flexibility index (Phi) is 6.38. The van der Waals surface area contributed by atoms with Gasteiger partial charge in [0.2, 0.25) is 0 Å². The van der Waals surface area contributed by atoms with Crippen LogP contribution in [0, 0.1) is 10.1 Å². The monoisotopic (exact) mass is 465 g/mol. The first-order valence-electron chi connectivity index (χ1n) is 9.86. The van der Waals surface area contributed by atoms with Crippen LogP contribution < -0.4 is 9.64 Å². The van der Waals surface area contributed by atoms with Crippen molar-refractivity contribution in [3.05, 3.63) is 93.1 Å². The molecular formula is C23H19N3O4S2. The van der Waals surface area contributed by atoms with Gasteiger partial charge in [0.25, 0.3) is 11.6 Å². The lowest BCUT2D eigenvalue weighted by Crippen LogP contribution is -2.27. The van der Waals surface area contributed by atoms with Gasteiger partial charge in [-0.25, -0.2) is 0 Å². The first kappa shape index (κ1) is 21.8. The van der Waals surface area contributed by atoms with Gasteiger partial charge in [0.1, 0.15) is 5.75 Å². The van der Waals surface area contributed by atoms with Crippen molar-refractivity contribution in [1.82, 2.24) is 4.57 Å². The highest BCUT2D eigenvalue weighted by Gasteiger charge is 2.33. The average molecular weight is 466 g/mol. The zero-order valence-corrected chi connectivity index (χ0v) is 18.8. The second kappa shape index (κ2) is 9.37. The van der Waals surface area contributed by atoms with Crippen molar-refractivity contribution in [2.45, 2.75) is 13.5 Å². The number of thioether (sulfide) groups is 1. The van der Waals surface area contributed by atoms with Crippen LogP contribution in [0.15, 0.2) is 71.8 Å². The largest absolute Gasteiger partial charge is 0.494 e. The molecule has 1 aliphatic rings. The van der Waals surface area contributed by atoms with E-state index in [1.807, 2.05) is 29.8 Å². The molecule has 4 rings (SSSR count). The highest BCUT2D eigenvalue weighted by molar-refractivity contribution is 8.27. The van der Waals surface area contributed by atoms with Crippen LogP contribution in [0.2, 0.25) is 0 Å². The van der Waals surface area contributed by atoms with Gasteiger partial charge in [0.05, 0.1) is 28.7 Å². The van der Waals surface area contributed by atoms with Crippen LogP contribution in [0.1, 0.15) is 18.2 Å². The smallest absolute Gasteiger partial charge is 0.274 e. The van der Waals surface area contributed by atoms with Crippen molar-refractivity contribution < 1.29 is 14.5 Å². The number of rotatable bonds is 7. The fourth-order valence-corrected chi connectivity index (χ4v) is 4.67. The van der Waals surface area contributed by atoms with E-state index in [0.717, 1.165) is 11.4 Å². The molecule has 3 aromatic rings. The van der Waals surface area contributed by atoms with Gasteiger partial charge in [0.15, 0.2) is 4.32 Å². The first-order chi connectivity index (χ1) is 15.5. The van der Waals surface area contributed by atoms with Gasteiger partial charge in [0, 0.05) is 23.5 Å². The van der Waals surface area contributed by atoms with Crippen LogP contribution in [0.4, 0.5) is 11.4 Å². The lowest BCUT2D eigenvalue weighted by Gasteiger charge is -2.15. The second-order valence-corrected chi connectivity index (χ2v) is 8.57. The predicted octanol–water partition coefficient (Wildman–Crippen LogP) is 5.25. The summed E-state index contributed by atoms with van der Waals surface area (Å²) >= 11 is 6.68. The van der Waals surface area contributed by atoms with Crippen molar-refractivity contribution in [3.8, 4) is 5.75 Å². The Morgan fingerprint density at radius 3 is 2.59 bits per heavy atom. The molecule has 0 spiro atoms. The molecule has 0 radical (unpaired) electrons. The maximum atomic E-state index is 13.1. The van der Waals surface area contributed by atoms with E-state index in [1.165, 1.54) is 22.7 Å². The minimum atomic E-state index is -0.388. The van der Waals surface area contributed by atoms with E-state index in [1.54, 1.807) is 48.5 Å². The summed E-state index contributed by atoms with van der Waals surface area (Å²) < 4.78 is 7.77. The first-order valence-corrected chi connectivity index (χ1v) is 11.1. The quantitative estimate of drug-likeness (QED) is 0.205. The van der Waals surface area contributed by atoms with E-state index >= 15 is 0 Å². The Labute approximate surface area is 194 Å². The number of carbonyl (C=O) groups excluding carboxylic acids is 1. The standard InChI is InChI=1S/C23H19N3O4S2/c1-2-30-19-11-9-17(10-12-19)25-22(27)21(32-23(25)31)14-18-7-5-13-24(18)15-16-6-3-4-8-20(16)26(28)29/h3-14H,2,15H2,1H3/b21-14+. The van der Waals surface area contributed by atoms with Gasteiger partial charge >= 0.3 is 0 Å². The van der Waals surface area contributed by atoms with Gasteiger partial charge in [-0.1, -0.05) is 42.2 Å². The predicted molar refractivity (Wildman–Crippen MR) is 130 cm³/mol. The molecule has 1 fully saturated rings. The van der Waals surface area contributed by atoms with Crippen LogP contribution in [-0.4, -0.2) is 26.3 Å². The van der Waals surface area contributed by atoms with E-state index in [-0.39, 0.29) is 16.5 Å². The maximum Gasteiger partial charge on any atom is 0.274 e. The molecule has 2 heterocycles. The van der Waals surface area contributed by atoms with Gasteiger partial charge in [-0.05, 0) is 49.4 Å². The average Bonchev–Trinajstić information content (AvgIpc) is 3.33. The third-order valence-corrected chi connectivity index (χ3v) is 6.17. The fourth-order valence-electron chi connectivity index (χ4n) is 3.39. The maximum absolute atomic E-state index is 13.1. The van der Waals surface area contributed by atoms with Gasteiger partial charge in [-0.15, -0.1) is 0 Å². The Morgan fingerprint density at radius 1 is 1.12 bits per heavy atom. The van der Waals surface area contributed by atoms with E-state index in [4.69, 9.17) is 17.0 Å². The molecule has 0 saturated carbocycles. The molecule has 32 heavy (non-hydrogen) atoms. The lowest BCUT2D eigenvalue weighted by molar-refractivity contribution is -0.385. The Morgan fingerprint density at radius 2 is 1.88 bits per heavy atom. The molecule has 0 atom stereocenters. The lowest BCUT2D eigenvalue weighted by atomic mass is 10.2. The van der Waals surface area contributed by atoms with Crippen molar-refractivity contribution in [2.75, 3.05) is 11.5 Å². The summed E-state index contributed by atoms with van der Waals surface area (Å²) in [6.07, 6.45) is 3.60. The number of nitrogens with zero attached hydrogens (tertiary/aromatic N) is 3. The van der Waals surface area contributed by atoms with Gasteiger partial charge in [-0.2, -0.15) is 0 Å². The summed E-state index contributed by atoms with van der Waals surface area (Å²) in [5.74, 6) is 0.521. The molecule has 7 nitrogen and oxygen atoms in total. The van der Waals surface area contributed by atoms with Crippen molar-refractivity contribution in [2.24, 2.45) is 0 Å². The highest BCUT2D eigenvalue weighted by Crippen LogP contribution is 2.36. The molecule has 1 aliphatic heterocycles.